The third kappa shape index (κ3) is 3.98. The number of carboxylic acid groups (broad SMARTS) is 1. The van der Waals surface area contributed by atoms with Crippen LogP contribution in [0, 0.1) is 56.7 Å². The molecule has 0 aromatic heterocycles. The quantitative estimate of drug-likeness (QED) is 0.252. The molecule has 0 radical (unpaired) electrons. The zero-order chi connectivity index (χ0) is 30.6. The van der Waals surface area contributed by atoms with E-state index in [-0.39, 0.29) is 40.3 Å². The summed E-state index contributed by atoms with van der Waals surface area (Å²) in [5.41, 5.74) is 0.885. The lowest BCUT2D eigenvalue weighted by atomic mass is 9.33. The Hall–Kier alpha value is -0.990. The van der Waals surface area contributed by atoms with Crippen LogP contribution in [0.3, 0.4) is 0 Å². The van der Waals surface area contributed by atoms with Crippen LogP contribution in [0.15, 0.2) is 11.6 Å². The SMILES string of the molecule is C[C@H]1[C@H](C)CC[C@]2(C(=O)O)CC[C@]3(C)C(=CC[C@@H]4[C@@]5(C)CC[C@H](O[C@H]6OC[C@H](O)[C@H](O)C6O)C(C)(C)[C@@H]5CC[C@]43C)[C@H]12. The second-order valence-electron chi connectivity index (χ2n) is 16.8. The van der Waals surface area contributed by atoms with Gasteiger partial charge in [-0.15, -0.1) is 0 Å². The molecule has 4 saturated carbocycles. The van der Waals surface area contributed by atoms with Crippen molar-refractivity contribution in [3.63, 3.8) is 0 Å². The van der Waals surface area contributed by atoms with Crippen LogP contribution >= 0.6 is 0 Å². The molecule has 4 N–H and O–H groups in total. The molecule has 0 spiro atoms. The van der Waals surface area contributed by atoms with Gasteiger partial charge in [-0.05, 0) is 109 Å². The van der Waals surface area contributed by atoms with Gasteiger partial charge in [-0.25, -0.2) is 0 Å². The standard InChI is InChI=1S/C35H56O7/c1-19-10-15-35(30(39)40)17-16-33(6)21(26(35)20(19)2)8-9-24-32(5)13-12-25(31(3,4)23(32)11-14-34(24,33)7)42-29-28(38)27(37)22(36)18-41-29/h8,19-20,22-29,36-38H,9-18H2,1-7H3,(H,39,40)/t19-,20+,22+,23+,24-,25+,26+,27+,28?,29-,32+,33-,34-,35+/m1/s1. The molecule has 6 aliphatic rings. The summed E-state index contributed by atoms with van der Waals surface area (Å²) in [6.07, 6.45) is 6.46. The number of ether oxygens (including phenoxy) is 2. The molecule has 7 nitrogen and oxygen atoms in total. The molecule has 1 heterocycles. The van der Waals surface area contributed by atoms with Crippen LogP contribution in [-0.4, -0.2) is 63.7 Å². The minimum Gasteiger partial charge on any atom is -0.481 e. The third-order valence-corrected chi connectivity index (χ3v) is 15.1. The lowest BCUT2D eigenvalue weighted by Crippen LogP contribution is -2.66. The molecule has 1 aliphatic heterocycles. The summed E-state index contributed by atoms with van der Waals surface area (Å²) >= 11 is 0. The van der Waals surface area contributed by atoms with Crippen LogP contribution < -0.4 is 0 Å². The summed E-state index contributed by atoms with van der Waals surface area (Å²) in [6, 6.07) is 0. The van der Waals surface area contributed by atoms with Gasteiger partial charge in [0, 0.05) is 0 Å². The maximum atomic E-state index is 13.0. The molecule has 1 unspecified atom stereocenters. The van der Waals surface area contributed by atoms with Crippen molar-refractivity contribution in [2.45, 2.75) is 137 Å². The molecule has 42 heavy (non-hydrogen) atoms. The van der Waals surface area contributed by atoms with Crippen LogP contribution in [0.4, 0.5) is 0 Å². The van der Waals surface area contributed by atoms with Crippen LogP contribution in [0.2, 0.25) is 0 Å². The second kappa shape index (κ2) is 10.0. The van der Waals surface area contributed by atoms with Gasteiger partial charge in [0.1, 0.15) is 18.3 Å². The zero-order valence-corrected chi connectivity index (χ0v) is 26.9. The summed E-state index contributed by atoms with van der Waals surface area (Å²) in [4.78, 5) is 13.0. The highest BCUT2D eigenvalue weighted by Crippen LogP contribution is 2.76. The number of hydrogen-bond acceptors (Lipinski definition) is 6. The molecule has 5 aliphatic carbocycles. The molecular formula is C35H56O7. The van der Waals surface area contributed by atoms with Gasteiger partial charge in [-0.2, -0.15) is 0 Å². The van der Waals surface area contributed by atoms with E-state index in [2.05, 4.69) is 54.5 Å². The monoisotopic (exact) mass is 588 g/mol. The van der Waals surface area contributed by atoms with E-state index >= 15 is 0 Å². The van der Waals surface area contributed by atoms with E-state index in [1.807, 2.05) is 0 Å². The molecular weight excluding hydrogens is 532 g/mol. The van der Waals surface area contributed by atoms with Crippen LogP contribution in [0.1, 0.15) is 106 Å². The maximum Gasteiger partial charge on any atom is 0.310 e. The number of aliphatic hydroxyl groups excluding tert-OH is 3. The van der Waals surface area contributed by atoms with E-state index in [0.29, 0.717) is 23.7 Å². The number of hydrogen-bond donors (Lipinski definition) is 4. The topological polar surface area (TPSA) is 116 Å². The number of carbonyl (C=O) groups is 1. The van der Waals surface area contributed by atoms with E-state index < -0.39 is 36.0 Å². The minimum atomic E-state index is -1.27. The molecule has 0 aromatic carbocycles. The smallest absolute Gasteiger partial charge is 0.310 e. The Morgan fingerprint density at radius 2 is 1.62 bits per heavy atom. The van der Waals surface area contributed by atoms with Crippen molar-refractivity contribution in [3.8, 4) is 0 Å². The first-order valence-electron chi connectivity index (χ1n) is 16.8. The first-order valence-corrected chi connectivity index (χ1v) is 16.8. The molecule has 7 heteroatoms. The summed E-state index contributed by atoms with van der Waals surface area (Å²) in [7, 11) is 0. The van der Waals surface area contributed by atoms with Gasteiger partial charge >= 0.3 is 5.97 Å². The molecule has 0 bridgehead atoms. The molecule has 1 saturated heterocycles. The Morgan fingerprint density at radius 1 is 0.905 bits per heavy atom. The summed E-state index contributed by atoms with van der Waals surface area (Å²) in [5.74, 6) is 1.38. The van der Waals surface area contributed by atoms with E-state index in [4.69, 9.17) is 9.47 Å². The summed E-state index contributed by atoms with van der Waals surface area (Å²) in [6.45, 7) is 16.8. The van der Waals surface area contributed by atoms with Gasteiger partial charge in [-0.3, -0.25) is 4.79 Å². The Balaban J connectivity index is 1.31. The fourth-order valence-electron chi connectivity index (χ4n) is 12.1. The second-order valence-corrected chi connectivity index (χ2v) is 16.8. The van der Waals surface area contributed by atoms with Crippen molar-refractivity contribution >= 4 is 5.97 Å². The highest BCUT2D eigenvalue weighted by atomic mass is 16.7. The lowest BCUT2D eigenvalue weighted by molar-refractivity contribution is -0.308. The van der Waals surface area contributed by atoms with Gasteiger partial charge in [0.05, 0.1) is 18.1 Å². The summed E-state index contributed by atoms with van der Waals surface area (Å²) in [5, 5.41) is 41.4. The van der Waals surface area contributed by atoms with E-state index in [9.17, 15) is 25.2 Å². The number of fused-ring (bicyclic) bond motifs is 7. The van der Waals surface area contributed by atoms with Gasteiger partial charge in [0.15, 0.2) is 6.29 Å². The van der Waals surface area contributed by atoms with Gasteiger partial charge < -0.3 is 29.9 Å². The van der Waals surface area contributed by atoms with Crippen molar-refractivity contribution in [1.29, 1.82) is 0 Å². The zero-order valence-electron chi connectivity index (χ0n) is 26.9. The molecule has 6 rings (SSSR count). The largest absolute Gasteiger partial charge is 0.481 e. The van der Waals surface area contributed by atoms with Crippen LogP contribution in [0.5, 0.6) is 0 Å². The number of rotatable bonds is 3. The van der Waals surface area contributed by atoms with E-state index in [0.717, 1.165) is 57.8 Å². The number of carboxylic acids is 1. The van der Waals surface area contributed by atoms with Crippen molar-refractivity contribution in [1.82, 2.24) is 0 Å². The van der Waals surface area contributed by atoms with Crippen LogP contribution in [0.25, 0.3) is 0 Å². The predicted molar refractivity (Wildman–Crippen MR) is 159 cm³/mol. The fourth-order valence-corrected chi connectivity index (χ4v) is 12.1. The highest BCUT2D eigenvalue weighted by Gasteiger charge is 2.69. The average molecular weight is 589 g/mol. The molecule has 14 atom stereocenters. The Labute approximate surface area is 252 Å². The summed E-state index contributed by atoms with van der Waals surface area (Å²) < 4.78 is 12.1. The maximum absolute atomic E-state index is 13.0. The first-order chi connectivity index (χ1) is 19.5. The van der Waals surface area contributed by atoms with Gasteiger partial charge in [0.25, 0.3) is 0 Å². The Morgan fingerprint density at radius 3 is 2.31 bits per heavy atom. The Kier molecular flexibility index (Phi) is 7.39. The van der Waals surface area contributed by atoms with E-state index in [1.165, 1.54) is 5.57 Å². The average Bonchev–Trinajstić information content (AvgIpc) is 2.92. The highest BCUT2D eigenvalue weighted by molar-refractivity contribution is 5.76. The molecule has 0 aromatic rings. The molecule has 0 amide bonds. The van der Waals surface area contributed by atoms with Crippen molar-refractivity contribution in [2.75, 3.05) is 6.61 Å². The molecule has 5 fully saturated rings. The molecule has 238 valence electrons. The van der Waals surface area contributed by atoms with Crippen molar-refractivity contribution in [3.05, 3.63) is 11.6 Å². The van der Waals surface area contributed by atoms with Crippen LogP contribution in [-0.2, 0) is 14.3 Å². The lowest BCUT2D eigenvalue weighted by Gasteiger charge is -2.71. The normalized spacial score (nSPS) is 55.3. The third-order valence-electron chi connectivity index (χ3n) is 15.1. The Bertz CT molecular complexity index is 1120. The first kappa shape index (κ1) is 31.0. The minimum absolute atomic E-state index is 0.00660. The number of aliphatic carboxylic acids is 1. The number of aliphatic hydroxyl groups is 3. The predicted octanol–water partition coefficient (Wildman–Crippen LogP) is 5.55. The van der Waals surface area contributed by atoms with Crippen molar-refractivity contribution in [2.24, 2.45) is 56.7 Å². The van der Waals surface area contributed by atoms with Gasteiger partial charge in [0.2, 0.25) is 0 Å². The van der Waals surface area contributed by atoms with Gasteiger partial charge in [-0.1, -0.05) is 60.1 Å². The van der Waals surface area contributed by atoms with E-state index in [1.54, 1.807) is 0 Å². The fraction of sp³-hybridized carbons (Fsp3) is 0.914. The van der Waals surface area contributed by atoms with Crippen molar-refractivity contribution < 1.29 is 34.7 Å². The number of allylic oxidation sites excluding steroid dienone is 2.